The fourth-order valence-corrected chi connectivity index (χ4v) is 5.98. The highest BCUT2D eigenvalue weighted by Gasteiger charge is 2.61. The van der Waals surface area contributed by atoms with Gasteiger partial charge in [0.15, 0.2) is 6.19 Å². The van der Waals surface area contributed by atoms with Crippen molar-refractivity contribution in [1.82, 2.24) is 20.4 Å². The van der Waals surface area contributed by atoms with E-state index in [-0.39, 0.29) is 35.9 Å². The summed E-state index contributed by atoms with van der Waals surface area (Å²) in [6.07, 6.45) is 7.68. The van der Waals surface area contributed by atoms with E-state index in [1.165, 1.54) is 6.21 Å². The number of aryl methyl sites for hydroxylation is 1. The molecule has 3 aliphatic rings. The van der Waals surface area contributed by atoms with Crippen LogP contribution in [0.1, 0.15) is 51.2 Å². The second kappa shape index (κ2) is 11.2. The normalized spacial score (nSPS) is 26.3. The summed E-state index contributed by atoms with van der Waals surface area (Å²) in [5, 5.41) is 25.5. The van der Waals surface area contributed by atoms with Gasteiger partial charge < -0.3 is 19.3 Å². The van der Waals surface area contributed by atoms with E-state index in [0.717, 1.165) is 48.8 Å². The molecule has 4 atom stereocenters. The molecule has 3 N–H and O–H groups in total. The summed E-state index contributed by atoms with van der Waals surface area (Å²) in [6, 6.07) is 7.43. The number of benzene rings is 1. The molecule has 206 valence electrons. The van der Waals surface area contributed by atoms with Gasteiger partial charge in [-0.15, -0.1) is 0 Å². The Morgan fingerprint density at radius 3 is 2.97 bits per heavy atom. The van der Waals surface area contributed by atoms with Crippen molar-refractivity contribution in [1.29, 1.82) is 5.26 Å². The largest absolute Gasteiger partial charge is 0.461 e. The van der Waals surface area contributed by atoms with Crippen LogP contribution < -0.4 is 10.6 Å². The number of carbonyl (C=O) groups excluding carboxylic acids is 2. The first-order chi connectivity index (χ1) is 18.8. The molecule has 2 aliphatic heterocycles. The van der Waals surface area contributed by atoms with Crippen molar-refractivity contribution in [2.24, 2.45) is 15.9 Å². The maximum atomic E-state index is 13.4. The van der Waals surface area contributed by atoms with Crippen LogP contribution in [0.5, 0.6) is 0 Å². The Morgan fingerprint density at radius 1 is 1.33 bits per heavy atom. The number of amides is 2. The monoisotopic (exact) mass is 533 g/mol. The van der Waals surface area contributed by atoms with Crippen LogP contribution in [0.25, 0.3) is 11.0 Å². The van der Waals surface area contributed by atoms with Gasteiger partial charge in [-0.05, 0) is 70.2 Å². The lowest BCUT2D eigenvalue weighted by molar-refractivity contribution is -0.142. The zero-order valence-corrected chi connectivity index (χ0v) is 22.4. The van der Waals surface area contributed by atoms with Crippen LogP contribution >= 0.6 is 0 Å². The van der Waals surface area contributed by atoms with E-state index in [1.807, 2.05) is 36.2 Å². The van der Waals surface area contributed by atoms with Crippen molar-refractivity contribution >= 4 is 40.6 Å². The molecule has 5 rings (SSSR count). The van der Waals surface area contributed by atoms with Gasteiger partial charge in [0.25, 0.3) is 0 Å². The number of rotatable bonds is 6. The number of furan rings is 1. The van der Waals surface area contributed by atoms with Gasteiger partial charge in [-0.3, -0.25) is 20.2 Å². The summed E-state index contributed by atoms with van der Waals surface area (Å²) in [6.45, 7) is 4.79. The minimum atomic E-state index is -0.624. The molecule has 3 unspecified atom stereocenters. The van der Waals surface area contributed by atoms with E-state index in [4.69, 9.17) is 4.42 Å². The molecule has 3 fully saturated rings. The summed E-state index contributed by atoms with van der Waals surface area (Å²) >= 11 is 0. The van der Waals surface area contributed by atoms with Crippen LogP contribution in [0, 0.1) is 24.3 Å². The predicted octanol–water partition coefficient (Wildman–Crippen LogP) is 2.56. The SMILES string of the molecule is Cc1cc2cc(N=C(/N=C/C3CCCCN(CC(=O)N4CCCC45C[C@@H]5NC(C)O)C3=O)NC#N)ccc2o1. The third-order valence-electron chi connectivity index (χ3n) is 7.87. The van der Waals surface area contributed by atoms with Crippen molar-refractivity contribution in [3.8, 4) is 6.19 Å². The van der Waals surface area contributed by atoms with Crippen molar-refractivity contribution in [2.45, 2.75) is 70.2 Å². The average molecular weight is 534 g/mol. The second-order valence-corrected chi connectivity index (χ2v) is 10.7. The number of guanidine groups is 1. The first-order valence-electron chi connectivity index (χ1n) is 13.6. The lowest BCUT2D eigenvalue weighted by atomic mass is 10.0. The number of nitriles is 1. The number of nitrogens with zero attached hydrogens (tertiary/aromatic N) is 5. The van der Waals surface area contributed by atoms with E-state index in [2.05, 4.69) is 20.6 Å². The van der Waals surface area contributed by atoms with Gasteiger partial charge in [0, 0.05) is 30.7 Å². The van der Waals surface area contributed by atoms with E-state index in [0.29, 0.717) is 25.2 Å². The van der Waals surface area contributed by atoms with Gasteiger partial charge in [-0.2, -0.15) is 5.26 Å². The Kier molecular flexibility index (Phi) is 7.68. The number of fused-ring (bicyclic) bond motifs is 1. The van der Waals surface area contributed by atoms with E-state index >= 15 is 0 Å². The summed E-state index contributed by atoms with van der Waals surface area (Å²) in [5.74, 6) is 0.178. The van der Waals surface area contributed by atoms with Gasteiger partial charge in [0.05, 0.1) is 23.7 Å². The molecule has 1 spiro atoms. The number of aliphatic hydroxyl groups is 1. The first kappa shape index (κ1) is 26.8. The van der Waals surface area contributed by atoms with Gasteiger partial charge in [-0.1, -0.05) is 6.42 Å². The number of nitrogens with one attached hydrogen (secondary N) is 2. The highest BCUT2D eigenvalue weighted by molar-refractivity contribution is 6.00. The number of hydrogen-bond acceptors (Lipinski definition) is 7. The molecule has 3 heterocycles. The van der Waals surface area contributed by atoms with Crippen LogP contribution in [0.4, 0.5) is 5.69 Å². The minimum Gasteiger partial charge on any atom is -0.461 e. The molecule has 1 aliphatic carbocycles. The Bertz CT molecular complexity index is 1340. The third-order valence-corrected chi connectivity index (χ3v) is 7.87. The van der Waals surface area contributed by atoms with Crippen molar-refractivity contribution in [2.75, 3.05) is 19.6 Å². The van der Waals surface area contributed by atoms with Crippen LogP contribution in [-0.2, 0) is 9.59 Å². The highest BCUT2D eigenvalue weighted by Crippen LogP contribution is 2.50. The zero-order valence-electron chi connectivity index (χ0n) is 22.4. The number of hydrogen-bond donors (Lipinski definition) is 3. The Hall–Kier alpha value is -3.75. The molecule has 0 radical (unpaired) electrons. The Labute approximate surface area is 227 Å². The number of likely N-dealkylation sites (tertiary alicyclic amines) is 2. The summed E-state index contributed by atoms with van der Waals surface area (Å²) < 4.78 is 5.60. The summed E-state index contributed by atoms with van der Waals surface area (Å²) in [7, 11) is 0. The molecule has 39 heavy (non-hydrogen) atoms. The molecule has 0 bridgehead atoms. The van der Waals surface area contributed by atoms with E-state index in [1.54, 1.807) is 17.9 Å². The fraction of sp³-hybridized carbons (Fsp3) is 0.536. The predicted molar refractivity (Wildman–Crippen MR) is 146 cm³/mol. The zero-order chi connectivity index (χ0) is 27.6. The van der Waals surface area contributed by atoms with Crippen LogP contribution in [0.3, 0.4) is 0 Å². The molecule has 2 amide bonds. The van der Waals surface area contributed by atoms with Crippen LogP contribution in [0.15, 0.2) is 38.7 Å². The van der Waals surface area contributed by atoms with Crippen molar-refractivity contribution in [3.05, 3.63) is 30.0 Å². The number of aliphatic hydroxyl groups excluding tert-OH is 1. The number of carbonyl (C=O) groups is 2. The molecule has 2 saturated heterocycles. The average Bonchev–Trinajstić information content (AvgIpc) is 3.24. The molecule has 1 saturated carbocycles. The first-order valence-corrected chi connectivity index (χ1v) is 13.6. The fourth-order valence-electron chi connectivity index (χ4n) is 5.98. The maximum absolute atomic E-state index is 13.4. The van der Waals surface area contributed by atoms with Crippen LogP contribution in [-0.4, -0.2) is 76.3 Å². The summed E-state index contributed by atoms with van der Waals surface area (Å²) in [4.78, 5) is 39.2. The molecule has 11 nitrogen and oxygen atoms in total. The van der Waals surface area contributed by atoms with Crippen LogP contribution in [0.2, 0.25) is 0 Å². The highest BCUT2D eigenvalue weighted by atomic mass is 16.3. The molecule has 2 aromatic rings. The van der Waals surface area contributed by atoms with Crippen molar-refractivity contribution < 1.29 is 19.1 Å². The van der Waals surface area contributed by atoms with Gasteiger partial charge >= 0.3 is 0 Å². The minimum absolute atomic E-state index is 0.0356. The van der Waals surface area contributed by atoms with Gasteiger partial charge in [0.1, 0.15) is 17.6 Å². The molecular formula is C28H35N7O4. The van der Waals surface area contributed by atoms with E-state index in [9.17, 15) is 20.0 Å². The smallest absolute Gasteiger partial charge is 0.242 e. The molecule has 1 aromatic heterocycles. The molecule has 1 aromatic carbocycles. The van der Waals surface area contributed by atoms with Crippen molar-refractivity contribution in [3.63, 3.8) is 0 Å². The lowest BCUT2D eigenvalue weighted by Crippen LogP contribution is -2.49. The maximum Gasteiger partial charge on any atom is 0.242 e. The standard InChI is InChI=1S/C28H35N7O4/c1-18-12-21-13-22(7-8-23(21)39-18)33-27(31-17-29)30-15-20-6-3-4-10-34(26(20)38)16-25(37)35-11-5-9-28(35)14-24(28)32-19(2)36/h7-8,12-13,15,19-20,24,32,36H,3-6,9-11,14,16H2,1-2H3,(H,31,33)/b30-15+/t19?,20?,24-,28?/m0/s1. The Morgan fingerprint density at radius 2 is 2.18 bits per heavy atom. The van der Waals surface area contributed by atoms with Gasteiger partial charge in [0.2, 0.25) is 17.8 Å². The Balaban J connectivity index is 1.27. The quantitative estimate of drug-likeness (QED) is 0.170. The topological polar surface area (TPSA) is 147 Å². The number of aliphatic imine (C=N–C) groups is 2. The lowest BCUT2D eigenvalue weighted by Gasteiger charge is -2.30. The van der Waals surface area contributed by atoms with Gasteiger partial charge in [-0.25, -0.2) is 9.98 Å². The molecular weight excluding hydrogens is 498 g/mol. The second-order valence-electron chi connectivity index (χ2n) is 10.7. The third kappa shape index (κ3) is 5.82. The summed E-state index contributed by atoms with van der Waals surface area (Å²) in [5.41, 5.74) is 1.11. The van der Waals surface area contributed by atoms with E-state index < -0.39 is 12.1 Å². The molecule has 11 heteroatoms.